The van der Waals surface area contributed by atoms with E-state index in [0.29, 0.717) is 13.2 Å². The number of morpholine rings is 1. The lowest BCUT2D eigenvalue weighted by Gasteiger charge is -2.41. The van der Waals surface area contributed by atoms with Crippen molar-refractivity contribution >= 4 is 5.91 Å². The summed E-state index contributed by atoms with van der Waals surface area (Å²) in [7, 11) is 0. The molecule has 2 fully saturated rings. The molecule has 2 aliphatic rings. The third-order valence-corrected chi connectivity index (χ3v) is 5.11. The number of hydrogen-bond donors (Lipinski definition) is 1. The molecule has 1 aromatic carbocycles. The number of carbonyl (C=O) groups is 1. The summed E-state index contributed by atoms with van der Waals surface area (Å²) in [5, 5.41) is 0. The molecule has 0 aromatic heterocycles. The number of carbonyl (C=O) groups excluding carboxylic acids is 1. The second kappa shape index (κ2) is 8.10. The average molecular weight is 331 g/mol. The molecule has 5 heteroatoms. The molecule has 2 saturated heterocycles. The molecule has 3 rings (SSSR count). The smallest absolute Gasteiger partial charge is 0.253 e. The summed E-state index contributed by atoms with van der Waals surface area (Å²) in [6.45, 7) is 5.82. The fraction of sp³-hybridized carbons (Fsp3) is 0.632. The van der Waals surface area contributed by atoms with Crippen molar-refractivity contribution in [3.05, 3.63) is 35.9 Å². The Morgan fingerprint density at radius 1 is 1.29 bits per heavy atom. The third kappa shape index (κ3) is 4.15. The van der Waals surface area contributed by atoms with Gasteiger partial charge in [-0.1, -0.05) is 30.3 Å². The normalized spacial score (nSPS) is 27.0. The first-order valence-corrected chi connectivity index (χ1v) is 9.09. The Bertz CT molecular complexity index is 535. The lowest BCUT2D eigenvalue weighted by Crippen LogP contribution is -2.57. The first-order valence-electron chi connectivity index (χ1n) is 9.09. The highest BCUT2D eigenvalue weighted by Crippen LogP contribution is 2.22. The number of amides is 1. The van der Waals surface area contributed by atoms with Crippen molar-refractivity contribution in [2.24, 2.45) is 5.73 Å². The molecule has 1 aromatic rings. The maximum Gasteiger partial charge on any atom is 0.253 e. The van der Waals surface area contributed by atoms with Crippen LogP contribution >= 0.6 is 0 Å². The van der Waals surface area contributed by atoms with Crippen LogP contribution in [0.3, 0.4) is 0 Å². The number of nitrogens with zero attached hydrogens (tertiary/aromatic N) is 2. The van der Waals surface area contributed by atoms with Crippen molar-refractivity contribution in [1.82, 2.24) is 9.80 Å². The van der Waals surface area contributed by atoms with E-state index in [0.717, 1.165) is 38.9 Å². The van der Waals surface area contributed by atoms with E-state index < -0.39 is 0 Å². The number of nitrogens with two attached hydrogens (primary N) is 1. The van der Waals surface area contributed by atoms with E-state index in [2.05, 4.69) is 29.2 Å². The Hall–Kier alpha value is -1.43. The molecule has 132 valence electrons. The maximum absolute atomic E-state index is 13.0. The predicted molar refractivity (Wildman–Crippen MR) is 94.5 cm³/mol. The van der Waals surface area contributed by atoms with Crippen LogP contribution in [-0.4, -0.2) is 60.1 Å². The van der Waals surface area contributed by atoms with Gasteiger partial charge in [0.15, 0.2) is 0 Å². The average Bonchev–Trinajstić information content (AvgIpc) is 2.62. The molecule has 2 heterocycles. The molecule has 24 heavy (non-hydrogen) atoms. The molecule has 1 amide bonds. The van der Waals surface area contributed by atoms with E-state index in [4.69, 9.17) is 10.5 Å². The second-order valence-corrected chi connectivity index (χ2v) is 7.03. The van der Waals surface area contributed by atoms with Crippen molar-refractivity contribution < 1.29 is 9.53 Å². The standard InChI is InChI=1S/C19H29N3O2/c1-15(20)17-9-5-6-10-22(17)19(23)18-14-21(11-12-24-18)13-16-7-3-2-4-8-16/h2-4,7-8,15,17-18H,5-6,9-14,20H2,1H3. The van der Waals surface area contributed by atoms with E-state index >= 15 is 0 Å². The fourth-order valence-electron chi connectivity index (χ4n) is 3.80. The van der Waals surface area contributed by atoms with E-state index in [1.807, 2.05) is 17.9 Å². The summed E-state index contributed by atoms with van der Waals surface area (Å²) < 4.78 is 5.82. The molecule has 3 atom stereocenters. The van der Waals surface area contributed by atoms with Crippen molar-refractivity contribution in [1.29, 1.82) is 0 Å². The van der Waals surface area contributed by atoms with Crippen molar-refractivity contribution in [2.45, 2.75) is 50.9 Å². The summed E-state index contributed by atoms with van der Waals surface area (Å²) in [4.78, 5) is 17.3. The topological polar surface area (TPSA) is 58.8 Å². The summed E-state index contributed by atoms with van der Waals surface area (Å²) in [5.41, 5.74) is 7.38. The molecule has 2 aliphatic heterocycles. The largest absolute Gasteiger partial charge is 0.366 e. The zero-order valence-corrected chi connectivity index (χ0v) is 14.6. The molecule has 0 aliphatic carbocycles. The molecule has 5 nitrogen and oxygen atoms in total. The van der Waals surface area contributed by atoms with Gasteiger partial charge in [0.05, 0.1) is 6.61 Å². The number of piperidine rings is 1. The molecular formula is C19H29N3O2. The van der Waals surface area contributed by atoms with E-state index in [-0.39, 0.29) is 24.1 Å². The van der Waals surface area contributed by atoms with E-state index in [1.165, 1.54) is 5.56 Å². The van der Waals surface area contributed by atoms with Crippen LogP contribution in [0, 0.1) is 0 Å². The van der Waals surface area contributed by atoms with Gasteiger partial charge in [0.2, 0.25) is 0 Å². The minimum absolute atomic E-state index is 0.0123. The van der Waals surface area contributed by atoms with Crippen LogP contribution in [0.25, 0.3) is 0 Å². The van der Waals surface area contributed by atoms with Crippen LogP contribution in [-0.2, 0) is 16.1 Å². The van der Waals surface area contributed by atoms with Gasteiger partial charge in [-0.3, -0.25) is 9.69 Å². The summed E-state index contributed by atoms with van der Waals surface area (Å²) >= 11 is 0. The van der Waals surface area contributed by atoms with Crippen molar-refractivity contribution in [3.8, 4) is 0 Å². The quantitative estimate of drug-likeness (QED) is 0.911. The van der Waals surface area contributed by atoms with E-state index in [9.17, 15) is 4.79 Å². The summed E-state index contributed by atoms with van der Waals surface area (Å²) in [6, 6.07) is 10.6. The van der Waals surface area contributed by atoms with Crippen LogP contribution in [0.2, 0.25) is 0 Å². The third-order valence-electron chi connectivity index (χ3n) is 5.11. The van der Waals surface area contributed by atoms with Crippen LogP contribution in [0.5, 0.6) is 0 Å². The van der Waals surface area contributed by atoms with Gasteiger partial charge in [-0.25, -0.2) is 0 Å². The van der Waals surface area contributed by atoms with Gasteiger partial charge in [0.25, 0.3) is 5.91 Å². The Kier molecular flexibility index (Phi) is 5.87. The van der Waals surface area contributed by atoms with Crippen LogP contribution in [0.4, 0.5) is 0 Å². The lowest BCUT2D eigenvalue weighted by molar-refractivity contribution is -0.154. The first-order chi connectivity index (χ1) is 11.6. The highest BCUT2D eigenvalue weighted by molar-refractivity contribution is 5.81. The number of rotatable bonds is 4. The van der Waals surface area contributed by atoms with Crippen LogP contribution in [0.1, 0.15) is 31.7 Å². The van der Waals surface area contributed by atoms with Gasteiger partial charge >= 0.3 is 0 Å². The molecule has 3 unspecified atom stereocenters. The Morgan fingerprint density at radius 3 is 2.83 bits per heavy atom. The Morgan fingerprint density at radius 2 is 2.08 bits per heavy atom. The van der Waals surface area contributed by atoms with Gasteiger partial charge in [0, 0.05) is 38.3 Å². The molecule has 0 spiro atoms. The van der Waals surface area contributed by atoms with Crippen LogP contribution < -0.4 is 5.73 Å². The lowest BCUT2D eigenvalue weighted by atomic mass is 9.96. The predicted octanol–water partition coefficient (Wildman–Crippen LogP) is 1.62. The molecule has 2 N–H and O–H groups in total. The minimum Gasteiger partial charge on any atom is -0.366 e. The second-order valence-electron chi connectivity index (χ2n) is 7.03. The molecule has 0 saturated carbocycles. The Balaban J connectivity index is 1.62. The molecule has 0 radical (unpaired) electrons. The van der Waals surface area contributed by atoms with Gasteiger partial charge in [-0.2, -0.15) is 0 Å². The highest BCUT2D eigenvalue weighted by Gasteiger charge is 2.35. The Labute approximate surface area is 144 Å². The van der Waals surface area contributed by atoms with E-state index in [1.54, 1.807) is 0 Å². The zero-order chi connectivity index (χ0) is 16.9. The number of ether oxygens (including phenoxy) is 1. The van der Waals surface area contributed by atoms with Gasteiger partial charge in [-0.15, -0.1) is 0 Å². The van der Waals surface area contributed by atoms with Gasteiger partial charge in [0.1, 0.15) is 6.10 Å². The van der Waals surface area contributed by atoms with Crippen LogP contribution in [0.15, 0.2) is 30.3 Å². The summed E-state index contributed by atoms with van der Waals surface area (Å²) in [5.74, 6) is 0.120. The monoisotopic (exact) mass is 331 g/mol. The first kappa shape index (κ1) is 17.4. The minimum atomic E-state index is -0.359. The van der Waals surface area contributed by atoms with Gasteiger partial charge < -0.3 is 15.4 Å². The van der Waals surface area contributed by atoms with Crippen molar-refractivity contribution in [2.75, 3.05) is 26.2 Å². The highest BCUT2D eigenvalue weighted by atomic mass is 16.5. The van der Waals surface area contributed by atoms with Gasteiger partial charge in [-0.05, 0) is 31.7 Å². The molecular weight excluding hydrogens is 302 g/mol. The fourth-order valence-corrected chi connectivity index (χ4v) is 3.80. The van der Waals surface area contributed by atoms with Crippen molar-refractivity contribution in [3.63, 3.8) is 0 Å². The molecule has 0 bridgehead atoms. The summed E-state index contributed by atoms with van der Waals surface area (Å²) in [6.07, 6.45) is 2.86. The maximum atomic E-state index is 13.0. The SMILES string of the molecule is CC(N)C1CCCCN1C(=O)C1CN(Cc2ccccc2)CCO1. The number of likely N-dealkylation sites (tertiary alicyclic amines) is 1. The zero-order valence-electron chi connectivity index (χ0n) is 14.6. The number of benzene rings is 1. The number of hydrogen-bond acceptors (Lipinski definition) is 4.